The van der Waals surface area contributed by atoms with Crippen molar-refractivity contribution in [1.29, 1.82) is 0 Å². The molecule has 4 aromatic rings. The van der Waals surface area contributed by atoms with Crippen LogP contribution in [-0.4, -0.2) is 56.9 Å². The third kappa shape index (κ3) is 18.6. The number of aryl methyl sites for hydroxylation is 3. The lowest BCUT2D eigenvalue weighted by Gasteiger charge is -2.06. The largest absolute Gasteiger partial charge is 0.497 e. The van der Waals surface area contributed by atoms with E-state index in [2.05, 4.69) is 65.1 Å². The Kier molecular flexibility index (Phi) is 20.4. The predicted octanol–water partition coefficient (Wildman–Crippen LogP) is 5.70. The van der Waals surface area contributed by atoms with Crippen molar-refractivity contribution in [3.8, 4) is 5.75 Å². The summed E-state index contributed by atoms with van der Waals surface area (Å²) in [5, 5.41) is 9.20. The van der Waals surface area contributed by atoms with Gasteiger partial charge in [-0.25, -0.2) is 4.98 Å². The van der Waals surface area contributed by atoms with Crippen molar-refractivity contribution in [2.24, 2.45) is 5.73 Å². The van der Waals surface area contributed by atoms with Gasteiger partial charge in [-0.1, -0.05) is 59.7 Å². The predicted molar refractivity (Wildman–Crippen MR) is 183 cm³/mol. The van der Waals surface area contributed by atoms with E-state index in [1.165, 1.54) is 16.1 Å². The zero-order valence-corrected chi connectivity index (χ0v) is 27.8. The van der Waals surface area contributed by atoms with Gasteiger partial charge in [-0.05, 0) is 83.2 Å². The minimum Gasteiger partial charge on any atom is -0.497 e. The first-order chi connectivity index (χ1) is 21.2. The molecule has 0 spiro atoms. The number of amides is 1. The van der Waals surface area contributed by atoms with Gasteiger partial charge in [0, 0.05) is 42.8 Å². The second-order valence-electron chi connectivity index (χ2n) is 10.3. The first kappa shape index (κ1) is 38.1. The van der Waals surface area contributed by atoms with E-state index >= 15 is 0 Å². The maximum atomic E-state index is 10.4. The van der Waals surface area contributed by atoms with Gasteiger partial charge in [0.15, 0.2) is 0 Å². The molecular weight excluding hydrogens is 570 g/mol. The van der Waals surface area contributed by atoms with Gasteiger partial charge in [0.25, 0.3) is 0 Å². The average molecular weight is 620 g/mol. The van der Waals surface area contributed by atoms with Gasteiger partial charge in [-0.15, -0.1) is 11.3 Å². The molecule has 9 heteroatoms. The van der Waals surface area contributed by atoms with Crippen molar-refractivity contribution in [3.05, 3.63) is 117 Å². The van der Waals surface area contributed by atoms with Crippen LogP contribution in [-0.2, 0) is 24.4 Å². The van der Waals surface area contributed by atoms with Crippen LogP contribution in [0.3, 0.4) is 0 Å². The Bertz CT molecular complexity index is 1330. The highest BCUT2D eigenvalue weighted by Crippen LogP contribution is 2.12. The van der Waals surface area contributed by atoms with E-state index in [0.717, 1.165) is 61.3 Å². The number of hydrogen-bond acceptors (Lipinski definition) is 8. The summed E-state index contributed by atoms with van der Waals surface area (Å²) < 4.78 is 5.14. The van der Waals surface area contributed by atoms with E-state index in [1.807, 2.05) is 62.4 Å². The van der Waals surface area contributed by atoms with Gasteiger partial charge in [-0.2, -0.15) is 0 Å². The molecule has 0 aliphatic rings. The Morgan fingerprint density at radius 1 is 0.909 bits per heavy atom. The van der Waals surface area contributed by atoms with Crippen LogP contribution in [0.5, 0.6) is 5.75 Å². The number of aldehydes is 1. The van der Waals surface area contributed by atoms with Crippen molar-refractivity contribution >= 4 is 24.0 Å². The Morgan fingerprint density at radius 2 is 1.66 bits per heavy atom. The molecule has 0 unspecified atom stereocenters. The number of methoxy groups -OCH3 is 1. The summed E-state index contributed by atoms with van der Waals surface area (Å²) in [5.41, 5.74) is 11.9. The van der Waals surface area contributed by atoms with E-state index in [4.69, 9.17) is 10.5 Å². The smallest absolute Gasteiger partial charge is 0.207 e. The lowest BCUT2D eigenvalue weighted by atomic mass is 10.1. The zero-order chi connectivity index (χ0) is 32.6. The molecule has 1 amide bonds. The van der Waals surface area contributed by atoms with E-state index in [0.29, 0.717) is 18.7 Å². The van der Waals surface area contributed by atoms with E-state index < -0.39 is 0 Å². The Balaban J connectivity index is 0.000000305. The number of aromatic nitrogens is 1. The van der Waals surface area contributed by atoms with E-state index in [-0.39, 0.29) is 0 Å². The number of benzene rings is 3. The monoisotopic (exact) mass is 619 g/mol. The van der Waals surface area contributed by atoms with Gasteiger partial charge >= 0.3 is 0 Å². The maximum absolute atomic E-state index is 10.4. The van der Waals surface area contributed by atoms with Crippen molar-refractivity contribution in [1.82, 2.24) is 20.5 Å². The molecule has 0 bridgehead atoms. The molecule has 0 aliphatic heterocycles. The van der Waals surface area contributed by atoms with Crippen molar-refractivity contribution in [3.63, 3.8) is 0 Å². The molecule has 238 valence electrons. The second kappa shape index (κ2) is 23.6. The Morgan fingerprint density at radius 3 is 2.20 bits per heavy atom. The summed E-state index contributed by atoms with van der Waals surface area (Å²) in [4.78, 5) is 26.8. The van der Waals surface area contributed by atoms with Crippen LogP contribution < -0.4 is 21.1 Å². The summed E-state index contributed by atoms with van der Waals surface area (Å²) in [6.07, 6.45) is 2.50. The van der Waals surface area contributed by atoms with Crippen LogP contribution in [0.4, 0.5) is 0 Å². The zero-order valence-electron chi connectivity index (χ0n) is 27.0. The number of nitrogens with zero attached hydrogens (tertiary/aromatic N) is 2. The SMILES string of the molecule is COc1cccc(CNCCCNC=O)c1.Cc1cc(C=O)cc(CN)c1.Cc1ccccc1.Cc1csc(CN(C)C)n1. The van der Waals surface area contributed by atoms with Gasteiger partial charge in [0.1, 0.15) is 17.0 Å². The molecule has 4 N–H and O–H groups in total. The van der Waals surface area contributed by atoms with Gasteiger partial charge in [0.05, 0.1) is 7.11 Å². The molecule has 0 saturated carbocycles. The molecule has 1 aromatic heterocycles. The maximum Gasteiger partial charge on any atom is 0.207 e. The fourth-order valence-corrected chi connectivity index (χ4v) is 4.64. The lowest BCUT2D eigenvalue weighted by molar-refractivity contribution is -0.109. The first-order valence-electron chi connectivity index (χ1n) is 14.5. The molecule has 0 aliphatic carbocycles. The van der Waals surface area contributed by atoms with Crippen LogP contribution >= 0.6 is 11.3 Å². The number of ether oxygens (including phenoxy) is 1. The lowest BCUT2D eigenvalue weighted by Crippen LogP contribution is -2.20. The van der Waals surface area contributed by atoms with Gasteiger partial charge in [-0.3, -0.25) is 9.59 Å². The summed E-state index contributed by atoms with van der Waals surface area (Å²) in [6.45, 7) is 9.92. The molecule has 8 nitrogen and oxygen atoms in total. The molecule has 0 fully saturated rings. The van der Waals surface area contributed by atoms with Crippen molar-refractivity contribution in [2.45, 2.75) is 46.8 Å². The molecule has 1 heterocycles. The Labute approximate surface area is 267 Å². The number of nitrogens with one attached hydrogen (secondary N) is 2. The van der Waals surface area contributed by atoms with Crippen LogP contribution in [0.1, 0.15) is 49.7 Å². The number of thiazole rings is 1. The molecule has 44 heavy (non-hydrogen) atoms. The van der Waals surface area contributed by atoms with E-state index in [9.17, 15) is 9.59 Å². The quantitative estimate of drug-likeness (QED) is 0.138. The summed E-state index contributed by atoms with van der Waals surface area (Å²) in [7, 11) is 5.77. The molecule has 0 atom stereocenters. The second-order valence-corrected chi connectivity index (χ2v) is 11.2. The first-order valence-corrected chi connectivity index (χ1v) is 15.4. The molecule has 0 saturated heterocycles. The Hall–Kier alpha value is -3.89. The highest BCUT2D eigenvalue weighted by molar-refractivity contribution is 7.09. The number of hydrogen-bond donors (Lipinski definition) is 3. The molecule has 3 aromatic carbocycles. The normalized spacial score (nSPS) is 9.82. The van der Waals surface area contributed by atoms with Crippen molar-refractivity contribution in [2.75, 3.05) is 34.3 Å². The number of carbonyl (C=O) groups excluding carboxylic acids is 2. The van der Waals surface area contributed by atoms with Gasteiger partial charge in [0.2, 0.25) is 6.41 Å². The standard InChI is InChI=1S/C12H18N2O2.C9H11NO.C7H12N2S.C7H8/c1-16-12-5-2-4-11(8-12)9-13-6-3-7-14-10-15;1-7-2-8(5-10)4-9(3-7)6-11;1-6-5-10-7(8-6)4-9(2)3;1-7-5-3-2-4-6-7/h2,4-5,8,10,13H,3,6-7,9H2,1H3,(H,14,15);2-4,6H,5,10H2,1H3;5H,4H2,1-3H3;2-6H,1H3. The molecule has 4 rings (SSSR count). The van der Waals surface area contributed by atoms with Gasteiger partial charge < -0.3 is 26.0 Å². The fraction of sp³-hybridized carbons (Fsp3) is 0.343. The van der Waals surface area contributed by atoms with E-state index in [1.54, 1.807) is 24.5 Å². The summed E-state index contributed by atoms with van der Waals surface area (Å²) >= 11 is 1.73. The summed E-state index contributed by atoms with van der Waals surface area (Å²) in [6, 6.07) is 23.9. The van der Waals surface area contributed by atoms with Crippen molar-refractivity contribution < 1.29 is 14.3 Å². The number of nitrogens with two attached hydrogens (primary N) is 1. The summed E-state index contributed by atoms with van der Waals surface area (Å²) in [5.74, 6) is 0.877. The van der Waals surface area contributed by atoms with Crippen LogP contribution in [0, 0.1) is 20.8 Å². The number of carbonyl (C=O) groups is 2. The topological polar surface area (TPSA) is 110 Å². The highest BCUT2D eigenvalue weighted by atomic mass is 32.1. The third-order valence-corrected chi connectivity index (χ3v) is 6.76. The molecular formula is C35H49N5O3S. The highest BCUT2D eigenvalue weighted by Gasteiger charge is 1.98. The minimum absolute atomic E-state index is 0.489. The molecule has 0 radical (unpaired) electrons. The van der Waals surface area contributed by atoms with Crippen LogP contribution in [0.25, 0.3) is 0 Å². The third-order valence-electron chi connectivity index (χ3n) is 5.81. The van der Waals surface area contributed by atoms with Crippen LogP contribution in [0.15, 0.2) is 78.2 Å². The van der Waals surface area contributed by atoms with Crippen LogP contribution in [0.2, 0.25) is 0 Å². The fourth-order valence-electron chi connectivity index (χ4n) is 3.75. The average Bonchev–Trinajstić information content (AvgIpc) is 3.43. The number of rotatable bonds is 12. The minimum atomic E-state index is 0.489.